The molecule has 2 amide bonds. The lowest BCUT2D eigenvalue weighted by Crippen LogP contribution is -2.57. The third kappa shape index (κ3) is 5.39. The van der Waals surface area contributed by atoms with Crippen LogP contribution < -0.4 is 10.1 Å². The summed E-state index contributed by atoms with van der Waals surface area (Å²) < 4.78 is 5.53. The van der Waals surface area contributed by atoms with Gasteiger partial charge >= 0.3 is 0 Å². The van der Waals surface area contributed by atoms with Gasteiger partial charge in [-0.25, -0.2) is 0 Å². The van der Waals surface area contributed by atoms with Gasteiger partial charge in [0.15, 0.2) is 6.61 Å². The SMILES string of the molecule is Cl.O=C(COc1cc(Cl)cc(Cl)c1)N1CCCC(N2CCNCC2=O)C1. The van der Waals surface area contributed by atoms with Gasteiger partial charge in [-0.1, -0.05) is 23.2 Å². The normalized spacial score (nSPS) is 20.5. The third-order valence-corrected chi connectivity index (χ3v) is 4.95. The monoisotopic (exact) mass is 421 g/mol. The zero-order valence-electron chi connectivity index (χ0n) is 14.2. The predicted molar refractivity (Wildman–Crippen MR) is 103 cm³/mol. The van der Waals surface area contributed by atoms with Crippen LogP contribution in [0.4, 0.5) is 0 Å². The van der Waals surface area contributed by atoms with Gasteiger partial charge < -0.3 is 19.9 Å². The number of ether oxygens (including phenoxy) is 1. The molecule has 0 bridgehead atoms. The van der Waals surface area contributed by atoms with Crippen LogP contribution in [-0.2, 0) is 9.59 Å². The molecule has 3 rings (SSSR count). The van der Waals surface area contributed by atoms with E-state index in [1.165, 1.54) is 0 Å². The van der Waals surface area contributed by atoms with Gasteiger partial charge in [0.2, 0.25) is 5.91 Å². The van der Waals surface area contributed by atoms with E-state index in [0.717, 1.165) is 19.4 Å². The molecule has 2 saturated heterocycles. The van der Waals surface area contributed by atoms with E-state index in [9.17, 15) is 9.59 Å². The summed E-state index contributed by atoms with van der Waals surface area (Å²) in [6.07, 6.45) is 1.82. The number of nitrogens with zero attached hydrogens (tertiary/aromatic N) is 2. The highest BCUT2D eigenvalue weighted by atomic mass is 35.5. The van der Waals surface area contributed by atoms with Crippen LogP contribution in [0.5, 0.6) is 5.75 Å². The van der Waals surface area contributed by atoms with Crippen molar-refractivity contribution in [1.82, 2.24) is 15.1 Å². The summed E-state index contributed by atoms with van der Waals surface area (Å²) in [6, 6.07) is 4.95. The van der Waals surface area contributed by atoms with Crippen molar-refractivity contribution < 1.29 is 14.3 Å². The van der Waals surface area contributed by atoms with Crippen LogP contribution in [0.3, 0.4) is 0 Å². The fourth-order valence-electron chi connectivity index (χ4n) is 3.29. The maximum absolute atomic E-state index is 12.5. The number of rotatable bonds is 4. The number of piperazine rings is 1. The minimum atomic E-state index is -0.0941. The van der Waals surface area contributed by atoms with Gasteiger partial charge in [0.25, 0.3) is 5.91 Å². The Kier molecular flexibility index (Phi) is 7.83. The Hall–Kier alpha value is -1.21. The van der Waals surface area contributed by atoms with Gasteiger partial charge in [0.05, 0.1) is 6.54 Å². The number of benzene rings is 1. The van der Waals surface area contributed by atoms with E-state index in [0.29, 0.717) is 42.0 Å². The minimum absolute atomic E-state index is 0. The van der Waals surface area contributed by atoms with Crippen LogP contribution in [0.1, 0.15) is 12.8 Å². The van der Waals surface area contributed by atoms with Gasteiger partial charge in [-0.05, 0) is 31.0 Å². The van der Waals surface area contributed by atoms with E-state index in [1.807, 2.05) is 4.90 Å². The highest BCUT2D eigenvalue weighted by Crippen LogP contribution is 2.24. The molecule has 9 heteroatoms. The summed E-state index contributed by atoms with van der Waals surface area (Å²) in [4.78, 5) is 28.2. The Morgan fingerprint density at radius 2 is 1.96 bits per heavy atom. The Bertz CT molecular complexity index is 639. The first-order chi connectivity index (χ1) is 12.0. The highest BCUT2D eigenvalue weighted by molar-refractivity contribution is 6.34. The van der Waals surface area contributed by atoms with E-state index in [-0.39, 0.29) is 36.9 Å². The smallest absolute Gasteiger partial charge is 0.260 e. The number of hydrogen-bond acceptors (Lipinski definition) is 4. The second-order valence-corrected chi connectivity index (χ2v) is 7.17. The Balaban J connectivity index is 0.00000243. The van der Waals surface area contributed by atoms with Crippen LogP contribution in [-0.4, -0.2) is 67.0 Å². The van der Waals surface area contributed by atoms with E-state index in [4.69, 9.17) is 27.9 Å². The van der Waals surface area contributed by atoms with Gasteiger partial charge in [0.1, 0.15) is 5.75 Å². The van der Waals surface area contributed by atoms with Gasteiger partial charge in [-0.15, -0.1) is 12.4 Å². The van der Waals surface area contributed by atoms with Gasteiger partial charge in [-0.2, -0.15) is 0 Å². The number of amides is 2. The third-order valence-electron chi connectivity index (χ3n) is 4.51. The fraction of sp³-hybridized carbons (Fsp3) is 0.529. The van der Waals surface area contributed by atoms with Crippen LogP contribution in [0.2, 0.25) is 10.0 Å². The lowest BCUT2D eigenvalue weighted by Gasteiger charge is -2.41. The zero-order chi connectivity index (χ0) is 17.8. The lowest BCUT2D eigenvalue weighted by molar-refractivity contribution is -0.141. The summed E-state index contributed by atoms with van der Waals surface area (Å²) in [7, 11) is 0. The average Bonchev–Trinajstić information content (AvgIpc) is 2.59. The maximum atomic E-state index is 12.5. The molecule has 6 nitrogen and oxygen atoms in total. The largest absolute Gasteiger partial charge is 0.484 e. The fourth-order valence-corrected chi connectivity index (χ4v) is 3.80. The Labute approximate surface area is 169 Å². The molecule has 2 heterocycles. The molecule has 144 valence electrons. The number of likely N-dealkylation sites (tertiary alicyclic amines) is 1. The molecule has 0 aliphatic carbocycles. The zero-order valence-corrected chi connectivity index (χ0v) is 16.6. The molecular formula is C17H22Cl3N3O3. The molecule has 26 heavy (non-hydrogen) atoms. The first kappa shape index (κ1) is 21.1. The Morgan fingerprint density at radius 1 is 1.23 bits per heavy atom. The van der Waals surface area contributed by atoms with Crippen molar-refractivity contribution in [2.75, 3.05) is 39.3 Å². The first-order valence-corrected chi connectivity index (χ1v) is 9.15. The number of nitrogens with one attached hydrogen (secondary N) is 1. The molecule has 1 atom stereocenters. The van der Waals surface area contributed by atoms with Crippen molar-refractivity contribution in [2.24, 2.45) is 0 Å². The van der Waals surface area contributed by atoms with Crippen molar-refractivity contribution in [2.45, 2.75) is 18.9 Å². The Morgan fingerprint density at radius 3 is 2.65 bits per heavy atom. The standard InChI is InChI=1S/C17H21Cl2N3O3.ClH/c18-12-6-13(19)8-15(7-12)25-11-17(24)21-4-1-2-14(10-21)22-5-3-20-9-16(22)23;/h6-8,14,20H,1-5,9-11H2;1H. The number of halogens is 3. The second kappa shape index (κ2) is 9.65. The predicted octanol–water partition coefficient (Wildman–Crippen LogP) is 2.22. The van der Waals surface area contributed by atoms with E-state index >= 15 is 0 Å². The number of piperidine rings is 1. The molecule has 0 saturated carbocycles. The van der Waals surface area contributed by atoms with Crippen molar-refractivity contribution in [3.05, 3.63) is 28.2 Å². The maximum Gasteiger partial charge on any atom is 0.260 e. The van der Waals surface area contributed by atoms with Crippen LogP contribution in [0, 0.1) is 0 Å². The van der Waals surface area contributed by atoms with E-state index < -0.39 is 0 Å². The van der Waals surface area contributed by atoms with Gasteiger partial charge in [-0.3, -0.25) is 9.59 Å². The molecule has 1 aromatic rings. The molecule has 0 spiro atoms. The molecule has 2 aliphatic heterocycles. The van der Waals surface area contributed by atoms with Crippen LogP contribution in [0.15, 0.2) is 18.2 Å². The molecule has 1 unspecified atom stereocenters. The summed E-state index contributed by atoms with van der Waals surface area (Å²) in [6.45, 7) is 3.05. The highest BCUT2D eigenvalue weighted by Gasteiger charge is 2.31. The molecule has 2 fully saturated rings. The van der Waals surface area contributed by atoms with Crippen molar-refractivity contribution in [3.8, 4) is 5.75 Å². The summed E-state index contributed by atoms with van der Waals surface area (Å²) in [5, 5.41) is 4.00. The average molecular weight is 423 g/mol. The van der Waals surface area contributed by atoms with Crippen molar-refractivity contribution >= 4 is 47.4 Å². The van der Waals surface area contributed by atoms with Crippen molar-refractivity contribution in [3.63, 3.8) is 0 Å². The number of hydrogen-bond donors (Lipinski definition) is 1. The molecule has 0 aromatic heterocycles. The topological polar surface area (TPSA) is 61.9 Å². The summed E-state index contributed by atoms with van der Waals surface area (Å²) >= 11 is 11.9. The first-order valence-electron chi connectivity index (χ1n) is 8.40. The van der Waals surface area contributed by atoms with Crippen LogP contribution in [0.25, 0.3) is 0 Å². The van der Waals surface area contributed by atoms with Crippen LogP contribution >= 0.6 is 35.6 Å². The minimum Gasteiger partial charge on any atom is -0.484 e. The number of carbonyl (C=O) groups is 2. The molecule has 1 aromatic carbocycles. The van der Waals surface area contributed by atoms with Crippen molar-refractivity contribution in [1.29, 1.82) is 0 Å². The quantitative estimate of drug-likeness (QED) is 0.808. The second-order valence-electron chi connectivity index (χ2n) is 6.29. The molecular weight excluding hydrogens is 401 g/mol. The molecule has 0 radical (unpaired) electrons. The van der Waals surface area contributed by atoms with E-state index in [2.05, 4.69) is 5.32 Å². The lowest BCUT2D eigenvalue weighted by atomic mass is 10.0. The van der Waals surface area contributed by atoms with Gasteiger partial charge in [0, 0.05) is 42.3 Å². The molecule has 2 aliphatic rings. The number of carbonyl (C=O) groups excluding carboxylic acids is 2. The molecule has 1 N–H and O–H groups in total. The van der Waals surface area contributed by atoms with E-state index in [1.54, 1.807) is 23.1 Å². The summed E-state index contributed by atoms with van der Waals surface area (Å²) in [5.41, 5.74) is 0. The summed E-state index contributed by atoms with van der Waals surface area (Å²) in [5.74, 6) is 0.482.